The van der Waals surface area contributed by atoms with Gasteiger partial charge in [-0.1, -0.05) is 12.1 Å². The number of piperidine rings is 1. The van der Waals surface area contributed by atoms with Crippen molar-refractivity contribution in [2.24, 2.45) is 5.73 Å². The molecule has 1 aliphatic heterocycles. The van der Waals surface area contributed by atoms with Crippen LogP contribution >= 0.6 is 0 Å². The minimum atomic E-state index is -0.812. The van der Waals surface area contributed by atoms with Crippen LogP contribution in [-0.4, -0.2) is 29.6 Å². The van der Waals surface area contributed by atoms with Gasteiger partial charge in [-0.05, 0) is 31.4 Å². The largest absolute Gasteiger partial charge is 0.481 e. The zero-order valence-corrected chi connectivity index (χ0v) is 10.7. The van der Waals surface area contributed by atoms with Gasteiger partial charge >= 0.3 is 5.97 Å². The molecule has 1 aromatic carbocycles. The number of benzene rings is 1. The van der Waals surface area contributed by atoms with Crippen molar-refractivity contribution in [1.82, 2.24) is 0 Å². The second-order valence-corrected chi connectivity index (χ2v) is 4.82. The van der Waals surface area contributed by atoms with Crippen LogP contribution in [0.4, 0.5) is 5.69 Å². The van der Waals surface area contributed by atoms with Crippen LogP contribution in [0.2, 0.25) is 0 Å². The van der Waals surface area contributed by atoms with Gasteiger partial charge in [0.25, 0.3) is 5.91 Å². The van der Waals surface area contributed by atoms with Crippen molar-refractivity contribution >= 4 is 17.6 Å². The fourth-order valence-corrected chi connectivity index (χ4v) is 2.66. The van der Waals surface area contributed by atoms with Crippen LogP contribution in [0.15, 0.2) is 24.3 Å². The van der Waals surface area contributed by atoms with Crippen molar-refractivity contribution < 1.29 is 14.7 Å². The summed E-state index contributed by atoms with van der Waals surface area (Å²) in [4.78, 5) is 24.4. The van der Waals surface area contributed by atoms with E-state index in [9.17, 15) is 9.59 Å². The lowest BCUT2D eigenvalue weighted by Gasteiger charge is -2.37. The second kappa shape index (κ2) is 5.73. The Labute approximate surface area is 112 Å². The fraction of sp³-hybridized carbons (Fsp3) is 0.429. The summed E-state index contributed by atoms with van der Waals surface area (Å²) >= 11 is 0. The summed E-state index contributed by atoms with van der Waals surface area (Å²) in [6.45, 7) is 0.766. The molecule has 0 bridgehead atoms. The van der Waals surface area contributed by atoms with Crippen LogP contribution in [0.3, 0.4) is 0 Å². The van der Waals surface area contributed by atoms with Gasteiger partial charge < -0.3 is 15.7 Å². The van der Waals surface area contributed by atoms with E-state index in [0.717, 1.165) is 31.5 Å². The standard InChI is InChI=1S/C14H18N2O3/c15-14(19)11-6-1-2-7-12(11)16-8-4-3-5-10(16)9-13(17)18/h1-2,6-7,10H,3-5,8-9H2,(H2,15,19)(H,17,18). The Morgan fingerprint density at radius 2 is 2.05 bits per heavy atom. The number of hydrogen-bond donors (Lipinski definition) is 2. The number of anilines is 1. The van der Waals surface area contributed by atoms with Crippen LogP contribution in [-0.2, 0) is 4.79 Å². The molecule has 1 aromatic rings. The van der Waals surface area contributed by atoms with Gasteiger partial charge in [-0.25, -0.2) is 0 Å². The average molecular weight is 262 g/mol. The van der Waals surface area contributed by atoms with Gasteiger partial charge in [0, 0.05) is 18.3 Å². The lowest BCUT2D eigenvalue weighted by Crippen LogP contribution is -2.41. The minimum Gasteiger partial charge on any atom is -0.481 e. The number of nitrogens with zero attached hydrogens (tertiary/aromatic N) is 1. The number of primary amides is 1. The van der Waals surface area contributed by atoms with Crippen LogP contribution in [0, 0.1) is 0 Å². The molecule has 1 atom stereocenters. The zero-order chi connectivity index (χ0) is 13.8. The molecule has 19 heavy (non-hydrogen) atoms. The van der Waals surface area contributed by atoms with Gasteiger partial charge in [-0.15, -0.1) is 0 Å². The van der Waals surface area contributed by atoms with Gasteiger partial charge in [-0.3, -0.25) is 9.59 Å². The molecule has 1 saturated heterocycles. The normalized spacial score (nSPS) is 19.2. The van der Waals surface area contributed by atoms with E-state index >= 15 is 0 Å². The molecule has 1 heterocycles. The summed E-state index contributed by atoms with van der Waals surface area (Å²) in [6.07, 6.45) is 2.95. The molecule has 1 unspecified atom stereocenters. The molecule has 1 fully saturated rings. The van der Waals surface area contributed by atoms with Gasteiger partial charge in [-0.2, -0.15) is 0 Å². The minimum absolute atomic E-state index is 0.0632. The van der Waals surface area contributed by atoms with Gasteiger partial charge in [0.1, 0.15) is 0 Å². The van der Waals surface area contributed by atoms with E-state index in [2.05, 4.69) is 0 Å². The molecule has 5 nitrogen and oxygen atoms in total. The first-order chi connectivity index (χ1) is 9.09. The molecule has 0 spiro atoms. The number of hydrogen-bond acceptors (Lipinski definition) is 3. The van der Waals surface area contributed by atoms with E-state index in [1.807, 2.05) is 17.0 Å². The molecule has 1 aliphatic rings. The third-order valence-electron chi connectivity index (χ3n) is 3.52. The number of carboxylic acid groups (broad SMARTS) is 1. The van der Waals surface area contributed by atoms with E-state index in [-0.39, 0.29) is 12.5 Å². The number of rotatable bonds is 4. The number of para-hydroxylation sites is 1. The summed E-state index contributed by atoms with van der Waals surface area (Å²) in [5, 5.41) is 8.99. The Hall–Kier alpha value is -2.04. The highest BCUT2D eigenvalue weighted by Crippen LogP contribution is 2.29. The molecular formula is C14H18N2O3. The van der Waals surface area contributed by atoms with Crippen molar-refractivity contribution in [3.63, 3.8) is 0 Å². The molecule has 0 aliphatic carbocycles. The second-order valence-electron chi connectivity index (χ2n) is 4.82. The summed E-state index contributed by atoms with van der Waals surface area (Å²) < 4.78 is 0. The maximum absolute atomic E-state index is 11.5. The zero-order valence-electron chi connectivity index (χ0n) is 10.7. The smallest absolute Gasteiger partial charge is 0.305 e. The van der Waals surface area contributed by atoms with Gasteiger partial charge in [0.2, 0.25) is 0 Å². The van der Waals surface area contributed by atoms with Crippen LogP contribution < -0.4 is 10.6 Å². The summed E-state index contributed by atoms with van der Waals surface area (Å²) in [5.74, 6) is -1.29. The first kappa shape index (κ1) is 13.4. The maximum Gasteiger partial charge on any atom is 0.305 e. The Balaban J connectivity index is 2.32. The van der Waals surface area contributed by atoms with Crippen molar-refractivity contribution in [2.75, 3.05) is 11.4 Å². The van der Waals surface area contributed by atoms with E-state index in [1.165, 1.54) is 0 Å². The van der Waals surface area contributed by atoms with Crippen LogP contribution in [0.5, 0.6) is 0 Å². The third-order valence-corrected chi connectivity index (χ3v) is 3.52. The highest BCUT2D eigenvalue weighted by molar-refractivity contribution is 5.98. The number of amides is 1. The lowest BCUT2D eigenvalue weighted by atomic mass is 9.97. The SMILES string of the molecule is NC(=O)c1ccccc1N1CCCCC1CC(=O)O. The molecule has 3 N–H and O–H groups in total. The van der Waals surface area contributed by atoms with E-state index < -0.39 is 11.9 Å². The molecule has 5 heteroatoms. The molecular weight excluding hydrogens is 244 g/mol. The molecule has 0 aromatic heterocycles. The average Bonchev–Trinajstić information content (AvgIpc) is 2.38. The van der Waals surface area contributed by atoms with Gasteiger partial charge in [0.05, 0.1) is 12.0 Å². The topological polar surface area (TPSA) is 83.6 Å². The first-order valence-corrected chi connectivity index (χ1v) is 6.47. The summed E-state index contributed by atoms with van der Waals surface area (Å²) in [5.41, 5.74) is 6.60. The van der Waals surface area contributed by atoms with Crippen LogP contribution in [0.25, 0.3) is 0 Å². The Morgan fingerprint density at radius 1 is 1.32 bits per heavy atom. The van der Waals surface area contributed by atoms with E-state index in [0.29, 0.717) is 5.56 Å². The third kappa shape index (κ3) is 3.05. The van der Waals surface area contributed by atoms with Crippen molar-refractivity contribution in [3.8, 4) is 0 Å². The Bertz CT molecular complexity index is 487. The molecule has 102 valence electrons. The van der Waals surface area contributed by atoms with Crippen molar-refractivity contribution in [1.29, 1.82) is 0 Å². The highest BCUT2D eigenvalue weighted by atomic mass is 16.4. The molecule has 0 radical (unpaired) electrons. The fourth-order valence-electron chi connectivity index (χ4n) is 2.66. The number of nitrogens with two attached hydrogens (primary N) is 1. The number of carbonyl (C=O) groups is 2. The number of carbonyl (C=O) groups excluding carboxylic acids is 1. The number of aliphatic carboxylic acids is 1. The lowest BCUT2D eigenvalue weighted by molar-refractivity contribution is -0.137. The van der Waals surface area contributed by atoms with Crippen molar-refractivity contribution in [3.05, 3.63) is 29.8 Å². The van der Waals surface area contributed by atoms with Gasteiger partial charge in [0.15, 0.2) is 0 Å². The highest BCUT2D eigenvalue weighted by Gasteiger charge is 2.27. The quantitative estimate of drug-likeness (QED) is 0.863. The first-order valence-electron chi connectivity index (χ1n) is 6.47. The predicted octanol–water partition coefficient (Wildman–Crippen LogP) is 1.62. The van der Waals surface area contributed by atoms with Crippen LogP contribution in [0.1, 0.15) is 36.0 Å². The molecule has 2 rings (SSSR count). The summed E-state index contributed by atoms with van der Waals surface area (Å²) in [7, 11) is 0. The maximum atomic E-state index is 11.5. The molecule has 1 amide bonds. The van der Waals surface area contributed by atoms with E-state index in [4.69, 9.17) is 10.8 Å². The summed E-state index contributed by atoms with van der Waals surface area (Å²) in [6, 6.07) is 7.06. The Kier molecular flexibility index (Phi) is 4.04. The monoisotopic (exact) mass is 262 g/mol. The Morgan fingerprint density at radius 3 is 2.74 bits per heavy atom. The predicted molar refractivity (Wildman–Crippen MR) is 72.2 cm³/mol. The van der Waals surface area contributed by atoms with Crippen molar-refractivity contribution in [2.45, 2.75) is 31.7 Å². The van der Waals surface area contributed by atoms with E-state index in [1.54, 1.807) is 12.1 Å². The number of carboxylic acids is 1. The molecule has 0 saturated carbocycles.